The first-order chi connectivity index (χ1) is 7.90. The number of hydrogen-bond donors (Lipinski definition) is 2. The molecule has 100 valence electrons. The van der Waals surface area contributed by atoms with Gasteiger partial charge in [0.2, 0.25) is 0 Å². The molecule has 0 heterocycles. The Morgan fingerprint density at radius 1 is 1.41 bits per heavy atom. The van der Waals surface area contributed by atoms with Crippen molar-refractivity contribution >= 4 is 0 Å². The standard InChI is InChI=1S/C14H27NO2/c1-13(2)10-5-6-14(3,7-10)12(13)15-8-11(16)9-17-4/h10-12,15-16H,5-9H2,1-4H3. The Hall–Kier alpha value is -0.120. The van der Waals surface area contributed by atoms with Gasteiger partial charge in [0, 0.05) is 19.7 Å². The maximum absolute atomic E-state index is 9.75. The Balaban J connectivity index is 1.96. The van der Waals surface area contributed by atoms with Crippen LogP contribution in [0.1, 0.15) is 40.0 Å². The fraction of sp³-hybridized carbons (Fsp3) is 1.00. The van der Waals surface area contributed by atoms with E-state index >= 15 is 0 Å². The van der Waals surface area contributed by atoms with Crippen LogP contribution < -0.4 is 5.32 Å². The first-order valence-electron chi connectivity index (χ1n) is 6.80. The molecule has 2 fully saturated rings. The minimum absolute atomic E-state index is 0.361. The van der Waals surface area contributed by atoms with E-state index in [-0.39, 0.29) is 0 Å². The molecule has 0 saturated heterocycles. The first-order valence-corrected chi connectivity index (χ1v) is 6.80. The summed E-state index contributed by atoms with van der Waals surface area (Å²) in [6.07, 6.45) is 3.66. The van der Waals surface area contributed by atoms with E-state index in [1.54, 1.807) is 7.11 Å². The number of rotatable bonds is 5. The first kappa shape index (κ1) is 13.3. The molecule has 0 aromatic rings. The molecule has 4 unspecified atom stereocenters. The van der Waals surface area contributed by atoms with E-state index in [0.717, 1.165) is 5.92 Å². The minimum Gasteiger partial charge on any atom is -0.389 e. The molecule has 3 nitrogen and oxygen atoms in total. The summed E-state index contributed by atoms with van der Waals surface area (Å²) < 4.78 is 4.97. The van der Waals surface area contributed by atoms with E-state index in [4.69, 9.17) is 4.74 Å². The molecule has 0 spiro atoms. The third-order valence-electron chi connectivity index (χ3n) is 5.19. The van der Waals surface area contributed by atoms with Gasteiger partial charge in [-0.15, -0.1) is 0 Å². The van der Waals surface area contributed by atoms with Crippen molar-refractivity contribution in [3.8, 4) is 0 Å². The van der Waals surface area contributed by atoms with Crippen LogP contribution in [0, 0.1) is 16.7 Å². The number of hydrogen-bond acceptors (Lipinski definition) is 3. The lowest BCUT2D eigenvalue weighted by Crippen LogP contribution is -2.52. The molecular weight excluding hydrogens is 214 g/mol. The Bertz CT molecular complexity index is 275. The fourth-order valence-corrected chi connectivity index (χ4v) is 4.32. The number of aliphatic hydroxyl groups excluding tert-OH is 1. The quantitative estimate of drug-likeness (QED) is 0.771. The van der Waals surface area contributed by atoms with Gasteiger partial charge in [-0.3, -0.25) is 0 Å². The summed E-state index contributed by atoms with van der Waals surface area (Å²) in [6.45, 7) is 8.22. The Morgan fingerprint density at radius 2 is 2.12 bits per heavy atom. The molecule has 2 rings (SSSR count). The fourth-order valence-electron chi connectivity index (χ4n) is 4.32. The molecule has 2 saturated carbocycles. The summed E-state index contributed by atoms with van der Waals surface area (Å²) in [5, 5.41) is 13.3. The maximum atomic E-state index is 9.75. The van der Waals surface area contributed by atoms with Gasteiger partial charge in [-0.1, -0.05) is 20.8 Å². The van der Waals surface area contributed by atoms with Crippen LogP contribution in [-0.4, -0.2) is 37.5 Å². The van der Waals surface area contributed by atoms with Crippen molar-refractivity contribution in [2.75, 3.05) is 20.3 Å². The van der Waals surface area contributed by atoms with Crippen molar-refractivity contribution in [1.82, 2.24) is 5.32 Å². The van der Waals surface area contributed by atoms with Crippen molar-refractivity contribution < 1.29 is 9.84 Å². The monoisotopic (exact) mass is 241 g/mol. The summed E-state index contributed by atoms with van der Waals surface area (Å²) in [4.78, 5) is 0. The summed E-state index contributed by atoms with van der Waals surface area (Å²) >= 11 is 0. The molecule has 0 aromatic heterocycles. The van der Waals surface area contributed by atoms with E-state index < -0.39 is 6.10 Å². The smallest absolute Gasteiger partial charge is 0.0897 e. The lowest BCUT2D eigenvalue weighted by molar-refractivity contribution is 0.0455. The zero-order valence-electron chi connectivity index (χ0n) is 11.6. The largest absolute Gasteiger partial charge is 0.389 e. The van der Waals surface area contributed by atoms with Crippen LogP contribution in [0.3, 0.4) is 0 Å². The van der Waals surface area contributed by atoms with Gasteiger partial charge in [-0.2, -0.15) is 0 Å². The van der Waals surface area contributed by atoms with Gasteiger partial charge in [0.1, 0.15) is 0 Å². The normalized spacial score (nSPS) is 40.8. The third-order valence-corrected chi connectivity index (χ3v) is 5.19. The molecular formula is C14H27NO2. The van der Waals surface area contributed by atoms with E-state index in [1.165, 1.54) is 19.3 Å². The second kappa shape index (κ2) is 4.52. The summed E-state index contributed by atoms with van der Waals surface area (Å²) in [6, 6.07) is 0.528. The van der Waals surface area contributed by atoms with Crippen LogP contribution in [0.2, 0.25) is 0 Å². The summed E-state index contributed by atoms with van der Waals surface area (Å²) in [5.41, 5.74) is 0.792. The molecule has 0 radical (unpaired) electrons. The molecule has 2 aliphatic rings. The molecule has 2 aliphatic carbocycles. The van der Waals surface area contributed by atoms with Crippen molar-refractivity contribution in [2.24, 2.45) is 16.7 Å². The number of nitrogens with one attached hydrogen (secondary N) is 1. The topological polar surface area (TPSA) is 41.5 Å². The number of fused-ring (bicyclic) bond motifs is 2. The van der Waals surface area contributed by atoms with Gasteiger partial charge in [0.05, 0.1) is 12.7 Å². The SMILES string of the molecule is COCC(O)CNC1C2(C)CCC(C2)C1(C)C. The summed E-state index contributed by atoms with van der Waals surface area (Å²) in [5.74, 6) is 0.851. The van der Waals surface area contributed by atoms with Crippen LogP contribution >= 0.6 is 0 Å². The van der Waals surface area contributed by atoms with Gasteiger partial charge in [-0.05, 0) is 36.0 Å². The molecule has 0 amide bonds. The van der Waals surface area contributed by atoms with Crippen molar-refractivity contribution in [3.63, 3.8) is 0 Å². The highest BCUT2D eigenvalue weighted by Gasteiger charge is 2.58. The third kappa shape index (κ3) is 2.25. The van der Waals surface area contributed by atoms with E-state index in [1.807, 2.05) is 0 Å². The van der Waals surface area contributed by atoms with Gasteiger partial charge in [0.25, 0.3) is 0 Å². The number of ether oxygens (including phenoxy) is 1. The summed E-state index contributed by atoms with van der Waals surface area (Å²) in [7, 11) is 1.63. The lowest BCUT2D eigenvalue weighted by Gasteiger charge is -2.43. The molecule has 17 heavy (non-hydrogen) atoms. The Morgan fingerprint density at radius 3 is 2.65 bits per heavy atom. The molecule has 2 N–H and O–H groups in total. The number of methoxy groups -OCH3 is 1. The Kier molecular flexibility index (Phi) is 3.54. The average molecular weight is 241 g/mol. The molecule has 2 bridgehead atoms. The predicted molar refractivity (Wildman–Crippen MR) is 68.9 cm³/mol. The highest BCUT2D eigenvalue weighted by atomic mass is 16.5. The van der Waals surface area contributed by atoms with Crippen molar-refractivity contribution in [2.45, 2.75) is 52.2 Å². The van der Waals surface area contributed by atoms with E-state index in [9.17, 15) is 5.11 Å². The van der Waals surface area contributed by atoms with Crippen LogP contribution in [0.15, 0.2) is 0 Å². The van der Waals surface area contributed by atoms with Crippen molar-refractivity contribution in [3.05, 3.63) is 0 Å². The zero-order valence-corrected chi connectivity index (χ0v) is 11.6. The highest BCUT2D eigenvalue weighted by molar-refractivity contribution is 5.12. The van der Waals surface area contributed by atoms with Crippen molar-refractivity contribution in [1.29, 1.82) is 0 Å². The zero-order chi connectivity index (χ0) is 12.7. The van der Waals surface area contributed by atoms with E-state index in [0.29, 0.717) is 30.0 Å². The molecule has 4 atom stereocenters. The lowest BCUT2D eigenvalue weighted by atomic mass is 9.68. The van der Waals surface area contributed by atoms with Crippen LogP contribution in [0.25, 0.3) is 0 Å². The van der Waals surface area contributed by atoms with Crippen LogP contribution in [0.5, 0.6) is 0 Å². The molecule has 3 heteroatoms. The van der Waals surface area contributed by atoms with Gasteiger partial charge in [-0.25, -0.2) is 0 Å². The predicted octanol–water partition coefficient (Wildman–Crippen LogP) is 1.80. The maximum Gasteiger partial charge on any atom is 0.0897 e. The minimum atomic E-state index is -0.390. The average Bonchev–Trinajstić information content (AvgIpc) is 2.69. The van der Waals surface area contributed by atoms with E-state index in [2.05, 4.69) is 26.1 Å². The number of aliphatic hydroxyl groups is 1. The Labute approximate surface area is 105 Å². The van der Waals surface area contributed by atoms with Gasteiger partial charge >= 0.3 is 0 Å². The molecule has 0 aliphatic heterocycles. The second-order valence-electron chi connectivity index (χ2n) is 6.87. The van der Waals surface area contributed by atoms with Crippen LogP contribution in [0.4, 0.5) is 0 Å². The second-order valence-corrected chi connectivity index (χ2v) is 6.87. The van der Waals surface area contributed by atoms with Gasteiger partial charge in [0.15, 0.2) is 0 Å². The van der Waals surface area contributed by atoms with Crippen LogP contribution in [-0.2, 0) is 4.74 Å². The van der Waals surface area contributed by atoms with Gasteiger partial charge < -0.3 is 15.2 Å². The molecule has 0 aromatic carbocycles. The highest BCUT2D eigenvalue weighted by Crippen LogP contribution is 2.62.